The number of nitrogen functional groups attached to an aromatic ring is 1. The van der Waals surface area contributed by atoms with Crippen molar-refractivity contribution in [2.75, 3.05) is 12.3 Å². The molecule has 0 saturated carbocycles. The van der Waals surface area contributed by atoms with Gasteiger partial charge in [0.15, 0.2) is 0 Å². The van der Waals surface area contributed by atoms with E-state index in [9.17, 15) is 13.2 Å². The van der Waals surface area contributed by atoms with E-state index >= 15 is 0 Å². The van der Waals surface area contributed by atoms with Gasteiger partial charge in [-0.25, -0.2) is 17.9 Å². The number of sulfonamides is 1. The molecule has 0 fully saturated rings. The van der Waals surface area contributed by atoms with Crippen molar-refractivity contribution in [3.05, 3.63) is 59.1 Å². The van der Waals surface area contributed by atoms with Crippen molar-refractivity contribution < 1.29 is 13.2 Å². The Kier molecular flexibility index (Phi) is 5.46. The first-order valence-electron chi connectivity index (χ1n) is 6.70. The van der Waals surface area contributed by atoms with Gasteiger partial charge in [-0.1, -0.05) is 35.9 Å². The number of hydrogen-bond donors (Lipinski definition) is 3. The van der Waals surface area contributed by atoms with Gasteiger partial charge in [-0.15, -0.1) is 0 Å². The molecule has 0 saturated heterocycles. The highest BCUT2D eigenvalue weighted by Crippen LogP contribution is 2.22. The van der Waals surface area contributed by atoms with E-state index in [-0.39, 0.29) is 22.2 Å². The second-order valence-electron chi connectivity index (χ2n) is 4.68. The molecule has 0 spiro atoms. The molecule has 0 aliphatic carbocycles. The second-order valence-corrected chi connectivity index (χ2v) is 6.77. The van der Waals surface area contributed by atoms with Gasteiger partial charge < -0.3 is 11.1 Å². The minimum atomic E-state index is -4.00. The van der Waals surface area contributed by atoms with Crippen LogP contribution in [0.5, 0.6) is 0 Å². The number of hydrogen-bond acceptors (Lipinski definition) is 4. The van der Waals surface area contributed by atoms with E-state index in [0.29, 0.717) is 6.42 Å². The number of amides is 2. The highest BCUT2D eigenvalue weighted by Gasteiger charge is 2.18. The number of carbonyl (C=O) groups is 1. The van der Waals surface area contributed by atoms with Crippen LogP contribution < -0.4 is 15.8 Å². The lowest BCUT2D eigenvalue weighted by molar-refractivity contribution is 0.246. The molecule has 0 aliphatic heterocycles. The van der Waals surface area contributed by atoms with Crippen LogP contribution in [0, 0.1) is 6.07 Å². The average molecular weight is 353 g/mol. The van der Waals surface area contributed by atoms with Crippen molar-refractivity contribution in [2.24, 2.45) is 0 Å². The van der Waals surface area contributed by atoms with Crippen molar-refractivity contribution in [3.8, 4) is 0 Å². The van der Waals surface area contributed by atoms with Crippen LogP contribution in [0.25, 0.3) is 0 Å². The van der Waals surface area contributed by atoms with Crippen molar-refractivity contribution in [2.45, 2.75) is 11.3 Å². The van der Waals surface area contributed by atoms with Crippen molar-refractivity contribution in [1.29, 1.82) is 0 Å². The molecule has 2 rings (SSSR count). The van der Waals surface area contributed by atoms with Gasteiger partial charge >= 0.3 is 6.03 Å². The van der Waals surface area contributed by atoms with Crippen molar-refractivity contribution in [3.63, 3.8) is 0 Å². The summed E-state index contributed by atoms with van der Waals surface area (Å²) in [6.07, 6.45) is 0.544. The van der Waals surface area contributed by atoms with E-state index in [1.54, 1.807) is 6.07 Å². The summed E-state index contributed by atoms with van der Waals surface area (Å²) in [6.45, 7) is 0.282. The summed E-state index contributed by atoms with van der Waals surface area (Å²) in [4.78, 5) is 11.6. The maximum Gasteiger partial charge on any atom is 0.328 e. The SMILES string of the molecule is Nc1ccc(S(=O)(=O)NC(=O)NCCc2[c]cccc2)cc1Cl. The van der Waals surface area contributed by atoms with Crippen LogP contribution in [0.1, 0.15) is 5.56 Å². The zero-order valence-corrected chi connectivity index (χ0v) is 13.6. The van der Waals surface area contributed by atoms with Gasteiger partial charge in [0.1, 0.15) is 0 Å². The maximum absolute atomic E-state index is 12.1. The Balaban J connectivity index is 1.92. The molecular weight excluding hydrogens is 338 g/mol. The number of carbonyl (C=O) groups excluding carboxylic acids is 1. The molecule has 0 heterocycles. The number of urea groups is 1. The van der Waals surface area contributed by atoms with Gasteiger partial charge in [-0.2, -0.15) is 0 Å². The summed E-state index contributed by atoms with van der Waals surface area (Å²) in [5.41, 5.74) is 6.70. The summed E-state index contributed by atoms with van der Waals surface area (Å²) < 4.78 is 26.0. The highest BCUT2D eigenvalue weighted by atomic mass is 35.5. The zero-order valence-electron chi connectivity index (χ0n) is 12.0. The van der Waals surface area contributed by atoms with Crippen LogP contribution in [-0.4, -0.2) is 21.0 Å². The molecule has 0 unspecified atom stereocenters. The van der Waals surface area contributed by atoms with Crippen LogP contribution in [0.4, 0.5) is 10.5 Å². The van der Waals surface area contributed by atoms with Crippen molar-refractivity contribution >= 4 is 33.3 Å². The molecule has 0 atom stereocenters. The third kappa shape index (κ3) is 4.87. The molecule has 23 heavy (non-hydrogen) atoms. The quantitative estimate of drug-likeness (QED) is 0.716. The fourth-order valence-corrected chi connectivity index (χ4v) is 2.99. The molecular formula is C15H15ClN3O3S. The third-order valence-corrected chi connectivity index (χ3v) is 4.62. The molecule has 0 aromatic heterocycles. The molecule has 2 aromatic rings. The van der Waals surface area contributed by atoms with Crippen LogP contribution in [0.2, 0.25) is 5.02 Å². The van der Waals surface area contributed by atoms with Crippen LogP contribution in [0.15, 0.2) is 47.4 Å². The summed E-state index contributed by atoms with van der Waals surface area (Å²) in [5, 5.41) is 2.58. The predicted molar refractivity (Wildman–Crippen MR) is 88.6 cm³/mol. The molecule has 6 nitrogen and oxygen atoms in total. The van der Waals surface area contributed by atoms with Gasteiger partial charge in [0.2, 0.25) is 0 Å². The first-order valence-corrected chi connectivity index (χ1v) is 8.56. The lowest BCUT2D eigenvalue weighted by atomic mass is 10.1. The number of nitrogens with one attached hydrogen (secondary N) is 2. The van der Waals surface area contributed by atoms with Gasteiger partial charge in [-0.05, 0) is 36.2 Å². The number of benzene rings is 2. The Morgan fingerprint density at radius 3 is 2.70 bits per heavy atom. The molecule has 1 radical (unpaired) electrons. The Hall–Kier alpha value is -2.25. The van der Waals surface area contributed by atoms with Gasteiger partial charge in [0.25, 0.3) is 10.0 Å². The van der Waals surface area contributed by atoms with Gasteiger partial charge in [0.05, 0.1) is 15.6 Å². The van der Waals surface area contributed by atoms with Gasteiger partial charge in [0, 0.05) is 6.54 Å². The normalized spacial score (nSPS) is 11.0. The summed E-state index contributed by atoms with van der Waals surface area (Å²) in [7, 11) is -4.00. The van der Waals surface area contributed by atoms with E-state index in [0.717, 1.165) is 5.56 Å². The minimum absolute atomic E-state index is 0.105. The Bertz CT molecular complexity index is 795. The standard InChI is InChI=1S/C15H15ClN3O3S/c16-13-10-12(6-7-14(13)17)23(21,22)19-15(20)18-9-8-11-4-2-1-3-5-11/h1-4,6-7,10H,8-9,17H2,(H2,18,19,20). The lowest BCUT2D eigenvalue weighted by Crippen LogP contribution is -2.40. The van der Waals surface area contributed by atoms with Gasteiger partial charge in [-0.3, -0.25) is 0 Å². The molecule has 0 bridgehead atoms. The maximum atomic E-state index is 12.1. The third-order valence-electron chi connectivity index (χ3n) is 2.96. The number of anilines is 1. The van der Waals surface area contributed by atoms with E-state index in [1.165, 1.54) is 18.2 Å². The first kappa shape index (κ1) is 17.1. The Labute approximate surface area is 139 Å². The van der Waals surface area contributed by atoms with Crippen LogP contribution in [0.3, 0.4) is 0 Å². The smallest absolute Gasteiger partial charge is 0.328 e. The highest BCUT2D eigenvalue weighted by molar-refractivity contribution is 7.90. The van der Waals surface area contributed by atoms with E-state index < -0.39 is 16.1 Å². The molecule has 2 amide bonds. The van der Waals surface area contributed by atoms with E-state index in [4.69, 9.17) is 17.3 Å². The number of nitrogens with two attached hydrogens (primary N) is 1. The Morgan fingerprint density at radius 2 is 2.04 bits per heavy atom. The van der Waals surface area contributed by atoms with E-state index in [2.05, 4.69) is 11.4 Å². The monoisotopic (exact) mass is 352 g/mol. The first-order chi connectivity index (χ1) is 10.9. The largest absolute Gasteiger partial charge is 0.398 e. The topological polar surface area (TPSA) is 101 Å². The fourth-order valence-electron chi connectivity index (χ4n) is 1.79. The second kappa shape index (κ2) is 7.34. The van der Waals surface area contributed by atoms with Crippen LogP contribution in [-0.2, 0) is 16.4 Å². The van der Waals surface area contributed by atoms with Crippen LogP contribution >= 0.6 is 11.6 Å². The zero-order chi connectivity index (χ0) is 16.9. The van der Waals surface area contributed by atoms with E-state index in [1.807, 2.05) is 22.9 Å². The number of rotatable bonds is 5. The number of halogens is 1. The lowest BCUT2D eigenvalue weighted by Gasteiger charge is -2.09. The molecule has 8 heteroatoms. The Morgan fingerprint density at radius 1 is 1.26 bits per heavy atom. The predicted octanol–water partition coefficient (Wildman–Crippen LogP) is 1.95. The molecule has 2 aromatic carbocycles. The minimum Gasteiger partial charge on any atom is -0.398 e. The molecule has 4 N–H and O–H groups in total. The molecule has 121 valence electrons. The fraction of sp³-hybridized carbons (Fsp3) is 0.133. The summed E-state index contributed by atoms with van der Waals surface area (Å²) >= 11 is 5.79. The summed E-state index contributed by atoms with van der Waals surface area (Å²) in [6, 6.07) is 13.4. The average Bonchev–Trinajstić information content (AvgIpc) is 2.50. The summed E-state index contributed by atoms with van der Waals surface area (Å²) in [5.74, 6) is 0. The molecule has 0 aliphatic rings. The van der Waals surface area contributed by atoms with Crippen molar-refractivity contribution in [1.82, 2.24) is 10.0 Å².